The van der Waals surface area contributed by atoms with Crippen molar-refractivity contribution in [2.24, 2.45) is 5.92 Å². The molecule has 1 aromatic rings. The van der Waals surface area contributed by atoms with Gasteiger partial charge in [-0.25, -0.2) is 0 Å². The van der Waals surface area contributed by atoms with Crippen LogP contribution < -0.4 is 0 Å². The molecule has 1 aliphatic rings. The number of hydrogen-bond acceptors (Lipinski definition) is 1. The molecule has 0 radical (unpaired) electrons. The Kier molecular flexibility index (Phi) is 4.13. The monoisotopic (exact) mass is 327 g/mol. The van der Waals surface area contributed by atoms with Gasteiger partial charge in [-0.15, -0.1) is 0 Å². The van der Waals surface area contributed by atoms with Crippen molar-refractivity contribution < 1.29 is 4.79 Å². The zero-order valence-corrected chi connectivity index (χ0v) is 12.8. The van der Waals surface area contributed by atoms with Gasteiger partial charge in [0.15, 0.2) is 0 Å². The summed E-state index contributed by atoms with van der Waals surface area (Å²) in [5.74, 6) is 0.261. The fourth-order valence-corrected chi connectivity index (χ4v) is 3.05. The molecule has 0 N–H and O–H groups in total. The third-order valence-electron chi connectivity index (χ3n) is 3.17. The van der Waals surface area contributed by atoms with E-state index in [-0.39, 0.29) is 11.8 Å². The van der Waals surface area contributed by atoms with Gasteiger partial charge in [-0.2, -0.15) is 0 Å². The minimum Gasteiger partial charge on any atom is -0.312 e. The van der Waals surface area contributed by atoms with Crippen molar-refractivity contribution >= 4 is 39.1 Å². The molecule has 0 saturated heterocycles. The van der Waals surface area contributed by atoms with Crippen LogP contribution >= 0.6 is 27.5 Å². The van der Waals surface area contributed by atoms with E-state index in [0.29, 0.717) is 11.6 Å². The van der Waals surface area contributed by atoms with E-state index in [2.05, 4.69) is 22.0 Å². The first-order valence-electron chi connectivity index (χ1n) is 6.01. The summed E-state index contributed by atoms with van der Waals surface area (Å²) in [7, 11) is 0. The minimum atomic E-state index is 0.0692. The zero-order valence-electron chi connectivity index (χ0n) is 10.4. The summed E-state index contributed by atoms with van der Waals surface area (Å²) in [5.41, 5.74) is 1.99. The topological polar surface area (TPSA) is 20.3 Å². The van der Waals surface area contributed by atoms with Crippen LogP contribution in [0.5, 0.6) is 0 Å². The van der Waals surface area contributed by atoms with Gasteiger partial charge in [-0.05, 0) is 25.5 Å². The highest BCUT2D eigenvalue weighted by molar-refractivity contribution is 9.10. The van der Waals surface area contributed by atoms with Crippen molar-refractivity contribution in [2.45, 2.75) is 20.3 Å². The normalized spacial score (nSPS) is 20.0. The molecule has 0 aliphatic carbocycles. The fraction of sp³-hybridized carbons (Fsp3) is 0.357. The highest BCUT2D eigenvalue weighted by Gasteiger charge is 2.27. The zero-order chi connectivity index (χ0) is 13.3. The lowest BCUT2D eigenvalue weighted by Crippen LogP contribution is -2.36. The maximum atomic E-state index is 12.2. The SMILES string of the molecule is CCN1C(=O)C(C)CC=C1c1ccc(Cl)cc1Br. The summed E-state index contributed by atoms with van der Waals surface area (Å²) >= 11 is 9.46. The van der Waals surface area contributed by atoms with E-state index >= 15 is 0 Å². The molecule has 4 heteroatoms. The van der Waals surface area contributed by atoms with Gasteiger partial charge < -0.3 is 4.90 Å². The van der Waals surface area contributed by atoms with Crippen LogP contribution in [0.2, 0.25) is 5.02 Å². The number of amides is 1. The molecule has 1 aliphatic heterocycles. The lowest BCUT2D eigenvalue weighted by Gasteiger charge is -2.31. The van der Waals surface area contributed by atoms with Gasteiger partial charge in [-0.1, -0.05) is 46.6 Å². The Bertz CT molecular complexity index is 513. The summed E-state index contributed by atoms with van der Waals surface area (Å²) in [6.07, 6.45) is 2.92. The molecule has 0 aromatic heterocycles. The van der Waals surface area contributed by atoms with Gasteiger partial charge in [0.25, 0.3) is 0 Å². The summed E-state index contributed by atoms with van der Waals surface area (Å²) in [5, 5.41) is 0.685. The van der Waals surface area contributed by atoms with Crippen molar-refractivity contribution in [3.05, 3.63) is 39.3 Å². The number of rotatable bonds is 2. The van der Waals surface area contributed by atoms with Crippen molar-refractivity contribution in [1.29, 1.82) is 0 Å². The number of hydrogen-bond donors (Lipinski definition) is 0. The van der Waals surface area contributed by atoms with Crippen LogP contribution in [-0.4, -0.2) is 17.4 Å². The molecule has 1 heterocycles. The summed E-state index contributed by atoms with van der Waals surface area (Å²) in [4.78, 5) is 14.0. The van der Waals surface area contributed by atoms with E-state index < -0.39 is 0 Å². The van der Waals surface area contributed by atoms with Crippen molar-refractivity contribution in [2.75, 3.05) is 6.54 Å². The molecule has 0 spiro atoms. The minimum absolute atomic E-state index is 0.0692. The predicted molar refractivity (Wildman–Crippen MR) is 78.3 cm³/mol. The van der Waals surface area contributed by atoms with E-state index in [0.717, 1.165) is 22.2 Å². The quantitative estimate of drug-likeness (QED) is 0.791. The first kappa shape index (κ1) is 13.6. The maximum Gasteiger partial charge on any atom is 0.230 e. The van der Waals surface area contributed by atoms with Crippen LogP contribution in [0.4, 0.5) is 0 Å². The molecular weight excluding hydrogens is 314 g/mol. The van der Waals surface area contributed by atoms with E-state index in [1.165, 1.54) is 0 Å². The Morgan fingerprint density at radius 2 is 2.22 bits per heavy atom. The fourth-order valence-electron chi connectivity index (χ4n) is 2.16. The van der Waals surface area contributed by atoms with Crippen LogP contribution in [-0.2, 0) is 4.79 Å². The number of carbonyl (C=O) groups is 1. The van der Waals surface area contributed by atoms with Gasteiger partial charge in [0.2, 0.25) is 5.91 Å². The predicted octanol–water partition coefficient (Wildman–Crippen LogP) is 4.33. The number of carbonyl (C=O) groups excluding carboxylic acids is 1. The smallest absolute Gasteiger partial charge is 0.230 e. The average Bonchev–Trinajstić information content (AvgIpc) is 2.33. The number of nitrogens with zero attached hydrogens (tertiary/aromatic N) is 1. The Labute approximate surface area is 121 Å². The maximum absolute atomic E-state index is 12.2. The highest BCUT2D eigenvalue weighted by Crippen LogP contribution is 2.33. The van der Waals surface area contributed by atoms with Gasteiger partial charge in [0, 0.05) is 33.2 Å². The number of allylic oxidation sites excluding steroid dienone is 1. The Morgan fingerprint density at radius 1 is 1.50 bits per heavy atom. The van der Waals surface area contributed by atoms with Crippen molar-refractivity contribution in [3.63, 3.8) is 0 Å². The van der Waals surface area contributed by atoms with Crippen LogP contribution in [0.25, 0.3) is 5.70 Å². The molecule has 2 nitrogen and oxygen atoms in total. The van der Waals surface area contributed by atoms with Crippen LogP contribution in [0.3, 0.4) is 0 Å². The average molecular weight is 329 g/mol. The molecule has 2 rings (SSSR count). The standard InChI is InChI=1S/C14H15BrClNO/c1-3-17-13(7-4-9(2)14(17)18)11-6-5-10(16)8-12(11)15/h5-9H,3-4H2,1-2H3. The molecule has 1 atom stereocenters. The molecule has 1 amide bonds. The second kappa shape index (κ2) is 5.45. The van der Waals surface area contributed by atoms with Crippen molar-refractivity contribution in [3.8, 4) is 0 Å². The Morgan fingerprint density at radius 3 is 2.83 bits per heavy atom. The third kappa shape index (κ3) is 2.47. The second-order valence-electron chi connectivity index (χ2n) is 4.43. The van der Waals surface area contributed by atoms with E-state index in [1.807, 2.05) is 36.9 Å². The molecule has 0 saturated carbocycles. The summed E-state index contributed by atoms with van der Waals surface area (Å²) in [6, 6.07) is 5.65. The molecular formula is C14H15BrClNO. The molecule has 1 unspecified atom stereocenters. The number of benzene rings is 1. The summed E-state index contributed by atoms with van der Waals surface area (Å²) < 4.78 is 0.919. The molecule has 96 valence electrons. The highest BCUT2D eigenvalue weighted by atomic mass is 79.9. The van der Waals surface area contributed by atoms with Gasteiger partial charge in [-0.3, -0.25) is 4.79 Å². The van der Waals surface area contributed by atoms with E-state index in [4.69, 9.17) is 11.6 Å². The molecule has 18 heavy (non-hydrogen) atoms. The Balaban J connectivity index is 2.45. The molecule has 0 fully saturated rings. The molecule has 1 aromatic carbocycles. The van der Waals surface area contributed by atoms with Crippen LogP contribution in [0, 0.1) is 5.92 Å². The van der Waals surface area contributed by atoms with Crippen molar-refractivity contribution in [1.82, 2.24) is 4.90 Å². The van der Waals surface area contributed by atoms with Gasteiger partial charge in [0.05, 0.1) is 0 Å². The van der Waals surface area contributed by atoms with Crippen LogP contribution in [0.1, 0.15) is 25.8 Å². The summed E-state index contributed by atoms with van der Waals surface area (Å²) in [6.45, 7) is 4.65. The first-order valence-corrected chi connectivity index (χ1v) is 7.18. The Hall–Kier alpha value is -0.800. The first-order chi connectivity index (χ1) is 8.54. The second-order valence-corrected chi connectivity index (χ2v) is 5.72. The van der Waals surface area contributed by atoms with E-state index in [1.54, 1.807) is 0 Å². The van der Waals surface area contributed by atoms with Gasteiger partial charge >= 0.3 is 0 Å². The van der Waals surface area contributed by atoms with Crippen LogP contribution in [0.15, 0.2) is 28.7 Å². The largest absolute Gasteiger partial charge is 0.312 e. The lowest BCUT2D eigenvalue weighted by atomic mass is 9.97. The van der Waals surface area contributed by atoms with E-state index in [9.17, 15) is 4.79 Å². The third-order valence-corrected chi connectivity index (χ3v) is 4.06. The molecule has 0 bridgehead atoms. The number of halogens is 2. The lowest BCUT2D eigenvalue weighted by molar-refractivity contribution is -0.131. The van der Waals surface area contributed by atoms with Gasteiger partial charge in [0.1, 0.15) is 0 Å².